The van der Waals surface area contributed by atoms with Crippen LogP contribution in [0.2, 0.25) is 0 Å². The third-order valence-electron chi connectivity index (χ3n) is 7.39. The van der Waals surface area contributed by atoms with Gasteiger partial charge in [0, 0.05) is 19.0 Å². The zero-order valence-corrected chi connectivity index (χ0v) is 18.6. The molecule has 3 atom stereocenters. The molecule has 2 amide bonds. The van der Waals surface area contributed by atoms with Crippen molar-refractivity contribution < 1.29 is 24.2 Å². The van der Waals surface area contributed by atoms with Crippen LogP contribution in [-0.4, -0.2) is 53.7 Å². The summed E-state index contributed by atoms with van der Waals surface area (Å²) in [5.41, 5.74) is 3.78. The van der Waals surface area contributed by atoms with Crippen molar-refractivity contribution in [2.24, 2.45) is 11.3 Å². The first-order valence-electron chi connectivity index (χ1n) is 11.6. The molecule has 0 spiro atoms. The van der Waals surface area contributed by atoms with Gasteiger partial charge in [0.25, 0.3) is 0 Å². The van der Waals surface area contributed by atoms with E-state index in [4.69, 9.17) is 4.74 Å². The first-order valence-corrected chi connectivity index (χ1v) is 11.6. The maximum absolute atomic E-state index is 13.1. The van der Waals surface area contributed by atoms with E-state index in [-0.39, 0.29) is 30.9 Å². The highest BCUT2D eigenvalue weighted by Crippen LogP contribution is 2.58. The minimum absolute atomic E-state index is 0.0238. The number of nitrogens with zero attached hydrogens (tertiary/aromatic N) is 1. The van der Waals surface area contributed by atoms with Crippen molar-refractivity contribution in [2.75, 3.05) is 19.7 Å². The highest BCUT2D eigenvalue weighted by molar-refractivity contribution is 5.88. The summed E-state index contributed by atoms with van der Waals surface area (Å²) in [7, 11) is 0. The first kappa shape index (κ1) is 21.5. The topological polar surface area (TPSA) is 95.9 Å². The number of hydrogen-bond donors (Lipinski definition) is 2. The lowest BCUT2D eigenvalue weighted by atomic mass is 9.98. The molecule has 2 fully saturated rings. The summed E-state index contributed by atoms with van der Waals surface area (Å²) >= 11 is 0. The smallest absolute Gasteiger partial charge is 0.407 e. The zero-order chi connectivity index (χ0) is 23.2. The van der Waals surface area contributed by atoms with E-state index in [1.54, 1.807) is 4.90 Å². The van der Waals surface area contributed by atoms with E-state index in [1.807, 2.05) is 31.2 Å². The number of carbonyl (C=O) groups is 3. The molecule has 1 saturated carbocycles. The number of amides is 2. The van der Waals surface area contributed by atoms with Gasteiger partial charge in [-0.25, -0.2) is 4.79 Å². The Morgan fingerprint density at radius 3 is 2.33 bits per heavy atom. The lowest BCUT2D eigenvalue weighted by Crippen LogP contribution is -2.49. The Morgan fingerprint density at radius 2 is 1.76 bits per heavy atom. The minimum atomic E-state index is -0.834. The van der Waals surface area contributed by atoms with Gasteiger partial charge in [-0.15, -0.1) is 0 Å². The third kappa shape index (κ3) is 3.65. The molecule has 0 bridgehead atoms. The third-order valence-corrected chi connectivity index (χ3v) is 7.39. The van der Waals surface area contributed by atoms with Crippen molar-refractivity contribution in [3.63, 3.8) is 0 Å². The van der Waals surface area contributed by atoms with Crippen molar-refractivity contribution >= 4 is 18.0 Å². The number of carbonyl (C=O) groups excluding carboxylic acids is 2. The summed E-state index contributed by atoms with van der Waals surface area (Å²) in [5, 5.41) is 12.2. The SMILES string of the molecule is CCCC(NC(=O)OCC1c2ccccc2-c2ccccc21)C(=O)N1CC2CC2(C(=O)O)C1. The van der Waals surface area contributed by atoms with Crippen molar-refractivity contribution in [3.05, 3.63) is 59.7 Å². The summed E-state index contributed by atoms with van der Waals surface area (Å²) in [6.07, 6.45) is 1.19. The molecule has 1 heterocycles. The van der Waals surface area contributed by atoms with E-state index in [2.05, 4.69) is 29.6 Å². The molecule has 1 saturated heterocycles. The van der Waals surface area contributed by atoms with Crippen LogP contribution >= 0.6 is 0 Å². The van der Waals surface area contributed by atoms with Crippen LogP contribution in [0.4, 0.5) is 4.79 Å². The van der Waals surface area contributed by atoms with Gasteiger partial charge in [-0.3, -0.25) is 9.59 Å². The lowest BCUT2D eigenvalue weighted by molar-refractivity contribution is -0.144. The first-order chi connectivity index (χ1) is 15.9. The summed E-state index contributed by atoms with van der Waals surface area (Å²) in [5.74, 6) is -1.09. The van der Waals surface area contributed by atoms with Crippen LogP contribution in [0, 0.1) is 11.3 Å². The quantitative estimate of drug-likeness (QED) is 0.674. The molecule has 2 N–H and O–H groups in total. The van der Waals surface area contributed by atoms with Gasteiger partial charge in [-0.05, 0) is 41.0 Å². The maximum Gasteiger partial charge on any atom is 0.407 e. The van der Waals surface area contributed by atoms with Crippen LogP contribution in [0.3, 0.4) is 0 Å². The molecule has 2 aromatic rings. The van der Waals surface area contributed by atoms with Crippen molar-refractivity contribution in [1.82, 2.24) is 10.2 Å². The molecule has 2 aliphatic carbocycles. The normalized spacial score (nSPS) is 23.3. The molecular weight excluding hydrogens is 420 g/mol. The Kier molecular flexibility index (Phi) is 5.35. The van der Waals surface area contributed by atoms with Crippen molar-refractivity contribution in [2.45, 2.75) is 38.1 Å². The Hall–Kier alpha value is -3.35. The number of ether oxygens (including phenoxy) is 1. The fourth-order valence-electron chi connectivity index (χ4n) is 5.53. The Labute approximate surface area is 192 Å². The second-order valence-electron chi connectivity index (χ2n) is 9.39. The van der Waals surface area contributed by atoms with Gasteiger partial charge in [0.15, 0.2) is 0 Å². The van der Waals surface area contributed by atoms with Gasteiger partial charge < -0.3 is 20.1 Å². The fraction of sp³-hybridized carbons (Fsp3) is 0.423. The molecule has 3 unspecified atom stereocenters. The summed E-state index contributed by atoms with van der Waals surface area (Å²) in [6.45, 7) is 2.79. The molecule has 33 heavy (non-hydrogen) atoms. The number of carboxylic acids is 1. The Balaban J connectivity index is 1.23. The van der Waals surface area contributed by atoms with Crippen LogP contribution in [0.15, 0.2) is 48.5 Å². The average molecular weight is 449 g/mol. The molecule has 5 rings (SSSR count). The number of hydrogen-bond acceptors (Lipinski definition) is 4. The summed E-state index contributed by atoms with van der Waals surface area (Å²) in [4.78, 5) is 38.9. The summed E-state index contributed by atoms with van der Waals surface area (Å²) < 4.78 is 5.60. The number of fused-ring (bicyclic) bond motifs is 4. The monoisotopic (exact) mass is 448 g/mol. The minimum Gasteiger partial charge on any atom is -0.481 e. The second-order valence-corrected chi connectivity index (χ2v) is 9.39. The van der Waals surface area contributed by atoms with Crippen LogP contribution in [0.25, 0.3) is 11.1 Å². The van der Waals surface area contributed by atoms with E-state index < -0.39 is 23.5 Å². The number of piperidine rings is 1. The number of rotatable bonds is 7. The molecule has 2 aromatic carbocycles. The number of benzene rings is 2. The Morgan fingerprint density at radius 1 is 1.12 bits per heavy atom. The number of alkyl carbamates (subject to hydrolysis) is 1. The Bertz CT molecular complexity index is 1070. The highest BCUT2D eigenvalue weighted by Gasteiger charge is 2.66. The largest absolute Gasteiger partial charge is 0.481 e. The van der Waals surface area contributed by atoms with Crippen LogP contribution in [-0.2, 0) is 14.3 Å². The van der Waals surface area contributed by atoms with E-state index >= 15 is 0 Å². The molecular formula is C26H28N2O5. The van der Waals surface area contributed by atoms with Crippen LogP contribution < -0.4 is 5.32 Å². The second kappa shape index (κ2) is 8.21. The average Bonchev–Trinajstić information content (AvgIpc) is 3.25. The number of nitrogens with one attached hydrogen (secondary N) is 1. The van der Waals surface area contributed by atoms with Gasteiger partial charge in [0.05, 0.1) is 5.41 Å². The zero-order valence-electron chi connectivity index (χ0n) is 18.6. The predicted molar refractivity (Wildman–Crippen MR) is 122 cm³/mol. The molecule has 7 nitrogen and oxygen atoms in total. The van der Waals surface area contributed by atoms with Crippen LogP contribution in [0.1, 0.15) is 43.2 Å². The molecule has 172 valence electrons. The summed E-state index contributed by atoms with van der Waals surface area (Å²) in [6, 6.07) is 15.5. The van der Waals surface area contributed by atoms with E-state index in [0.717, 1.165) is 22.3 Å². The van der Waals surface area contributed by atoms with Crippen molar-refractivity contribution in [3.8, 4) is 11.1 Å². The predicted octanol–water partition coefficient (Wildman–Crippen LogP) is 3.63. The molecule has 1 aliphatic heterocycles. The fourth-order valence-corrected chi connectivity index (χ4v) is 5.53. The van der Waals surface area contributed by atoms with Gasteiger partial charge >= 0.3 is 12.1 Å². The van der Waals surface area contributed by atoms with Gasteiger partial charge in [0.1, 0.15) is 12.6 Å². The molecule has 0 aromatic heterocycles. The highest BCUT2D eigenvalue weighted by atomic mass is 16.5. The van der Waals surface area contributed by atoms with Crippen molar-refractivity contribution in [1.29, 1.82) is 0 Å². The molecule has 7 heteroatoms. The number of carboxylic acid groups (broad SMARTS) is 1. The standard InChI is InChI=1S/C26H28N2O5/c1-2-7-22(23(29)28-13-16-12-26(16,15-28)24(30)31)27-25(32)33-14-21-19-10-5-3-8-17(19)18-9-4-6-11-20(18)21/h3-6,8-11,16,21-22H,2,7,12-15H2,1H3,(H,27,32)(H,30,31). The lowest BCUT2D eigenvalue weighted by Gasteiger charge is -2.26. The van der Waals surface area contributed by atoms with Gasteiger partial charge in [-0.2, -0.15) is 0 Å². The van der Waals surface area contributed by atoms with Crippen LogP contribution in [0.5, 0.6) is 0 Å². The molecule has 0 radical (unpaired) electrons. The van der Waals surface area contributed by atoms with E-state index in [9.17, 15) is 19.5 Å². The number of likely N-dealkylation sites (tertiary alicyclic amines) is 1. The maximum atomic E-state index is 13.1. The van der Waals surface area contributed by atoms with Gasteiger partial charge in [0.2, 0.25) is 5.91 Å². The van der Waals surface area contributed by atoms with E-state index in [1.165, 1.54) is 0 Å². The number of aliphatic carboxylic acids is 1. The van der Waals surface area contributed by atoms with Gasteiger partial charge in [-0.1, -0.05) is 61.9 Å². The van der Waals surface area contributed by atoms with E-state index in [0.29, 0.717) is 25.8 Å². The molecule has 3 aliphatic rings.